The minimum atomic E-state index is -0.150. The van der Waals surface area contributed by atoms with Crippen molar-refractivity contribution in [2.24, 2.45) is 4.99 Å². The van der Waals surface area contributed by atoms with Gasteiger partial charge in [-0.3, -0.25) is 9.89 Å². The number of hydrogen-bond donors (Lipinski definition) is 1. The van der Waals surface area contributed by atoms with E-state index in [1.165, 1.54) is 0 Å². The molecule has 0 unspecified atom stereocenters. The second kappa shape index (κ2) is 10.4. The third-order valence-electron chi connectivity index (χ3n) is 5.17. The molecule has 0 radical (unpaired) electrons. The Labute approximate surface area is 172 Å². The average molecular weight is 479 g/mol. The fourth-order valence-electron chi connectivity index (χ4n) is 3.43. The molecule has 0 bridgehead atoms. The van der Waals surface area contributed by atoms with Crippen molar-refractivity contribution in [1.29, 1.82) is 0 Å². The highest BCUT2D eigenvalue weighted by Crippen LogP contribution is 2.23. The lowest BCUT2D eigenvalue weighted by atomic mass is 9.94. The van der Waals surface area contributed by atoms with E-state index >= 15 is 0 Å². The van der Waals surface area contributed by atoms with Crippen molar-refractivity contribution in [2.75, 3.05) is 60.1 Å². The number of hydrogen-bond acceptors (Lipinski definition) is 6. The third-order valence-corrected chi connectivity index (χ3v) is 5.17. The van der Waals surface area contributed by atoms with Crippen molar-refractivity contribution in [3.05, 3.63) is 18.0 Å². The summed E-state index contributed by atoms with van der Waals surface area (Å²) < 4.78 is 16.2. The lowest BCUT2D eigenvalue weighted by Crippen LogP contribution is -2.55. The molecule has 9 heteroatoms. The highest BCUT2D eigenvalue weighted by Gasteiger charge is 2.33. The van der Waals surface area contributed by atoms with Gasteiger partial charge >= 0.3 is 0 Å². The van der Waals surface area contributed by atoms with Crippen LogP contribution in [0.3, 0.4) is 0 Å². The van der Waals surface area contributed by atoms with E-state index in [0.29, 0.717) is 0 Å². The Morgan fingerprint density at radius 3 is 2.62 bits per heavy atom. The standard InChI is InChI=1S/C17H29N5O3.HI/c1-18-16(19-14-17(23-2)4-11-24-12-5-17)22-8-6-21(7-9-22)13-15-3-10-25-20-15;/h3,10H,4-9,11-14H2,1-2H3,(H,18,19);1H. The zero-order valence-corrected chi connectivity index (χ0v) is 18.0. The normalized spacial score (nSPS) is 21.3. The molecular formula is C17H30IN5O3. The van der Waals surface area contributed by atoms with Crippen molar-refractivity contribution < 1.29 is 14.0 Å². The van der Waals surface area contributed by atoms with Crippen LogP contribution in [0.2, 0.25) is 0 Å². The largest absolute Gasteiger partial charge is 0.381 e. The number of piperazine rings is 1. The van der Waals surface area contributed by atoms with Crippen LogP contribution < -0.4 is 5.32 Å². The summed E-state index contributed by atoms with van der Waals surface area (Å²) in [5.41, 5.74) is 0.834. The van der Waals surface area contributed by atoms with Gasteiger partial charge in [-0.2, -0.15) is 0 Å². The molecule has 3 rings (SSSR count). The Morgan fingerprint density at radius 2 is 2.04 bits per heavy atom. The molecule has 0 aliphatic carbocycles. The van der Waals surface area contributed by atoms with Crippen LogP contribution in [0.15, 0.2) is 21.8 Å². The molecule has 0 amide bonds. The highest BCUT2D eigenvalue weighted by atomic mass is 127. The van der Waals surface area contributed by atoms with Gasteiger partial charge in [-0.1, -0.05) is 5.16 Å². The summed E-state index contributed by atoms with van der Waals surface area (Å²) >= 11 is 0. The summed E-state index contributed by atoms with van der Waals surface area (Å²) in [6.45, 7) is 6.97. The molecule has 148 valence electrons. The van der Waals surface area contributed by atoms with E-state index in [1.807, 2.05) is 13.1 Å². The summed E-state index contributed by atoms with van der Waals surface area (Å²) in [6.07, 6.45) is 3.46. The Balaban J connectivity index is 0.00000243. The van der Waals surface area contributed by atoms with Crippen LogP contribution in [0, 0.1) is 0 Å². The smallest absolute Gasteiger partial charge is 0.193 e. The number of aliphatic imine (C=N–C) groups is 1. The molecule has 0 spiro atoms. The average Bonchev–Trinajstić information content (AvgIpc) is 3.17. The Bertz CT molecular complexity index is 541. The van der Waals surface area contributed by atoms with Crippen LogP contribution in [-0.4, -0.2) is 86.6 Å². The van der Waals surface area contributed by atoms with Crippen LogP contribution in [0.1, 0.15) is 18.5 Å². The van der Waals surface area contributed by atoms with Crippen LogP contribution in [-0.2, 0) is 16.0 Å². The second-order valence-corrected chi connectivity index (χ2v) is 6.65. The first-order valence-electron chi connectivity index (χ1n) is 8.95. The van der Waals surface area contributed by atoms with Crippen molar-refractivity contribution in [3.63, 3.8) is 0 Å². The number of guanidine groups is 1. The van der Waals surface area contributed by atoms with Gasteiger partial charge < -0.3 is 24.2 Å². The summed E-state index contributed by atoms with van der Waals surface area (Å²) in [5.74, 6) is 0.948. The number of methoxy groups -OCH3 is 1. The van der Waals surface area contributed by atoms with Gasteiger partial charge in [0.05, 0.1) is 11.3 Å². The number of aromatic nitrogens is 1. The van der Waals surface area contributed by atoms with Gasteiger partial charge in [-0.25, -0.2) is 0 Å². The minimum absolute atomic E-state index is 0. The minimum Gasteiger partial charge on any atom is -0.381 e. The zero-order chi connectivity index (χ0) is 17.5. The molecule has 0 saturated carbocycles. The molecule has 26 heavy (non-hydrogen) atoms. The molecule has 1 aromatic heterocycles. The van der Waals surface area contributed by atoms with E-state index in [0.717, 1.165) is 77.0 Å². The van der Waals surface area contributed by atoms with E-state index in [4.69, 9.17) is 14.0 Å². The van der Waals surface area contributed by atoms with E-state index in [9.17, 15) is 0 Å². The molecule has 2 aliphatic heterocycles. The lowest BCUT2D eigenvalue weighted by Gasteiger charge is -2.39. The van der Waals surface area contributed by atoms with Crippen LogP contribution in [0.5, 0.6) is 0 Å². The monoisotopic (exact) mass is 479 g/mol. The van der Waals surface area contributed by atoms with Crippen molar-refractivity contribution in [3.8, 4) is 0 Å². The van der Waals surface area contributed by atoms with E-state index in [1.54, 1.807) is 13.4 Å². The highest BCUT2D eigenvalue weighted by molar-refractivity contribution is 14.0. The van der Waals surface area contributed by atoms with E-state index < -0.39 is 0 Å². The predicted molar refractivity (Wildman–Crippen MR) is 110 cm³/mol. The quantitative estimate of drug-likeness (QED) is 0.386. The van der Waals surface area contributed by atoms with Crippen LogP contribution >= 0.6 is 24.0 Å². The van der Waals surface area contributed by atoms with Gasteiger partial charge in [-0.15, -0.1) is 24.0 Å². The summed E-state index contributed by atoms with van der Waals surface area (Å²) in [5, 5.41) is 7.50. The molecule has 3 heterocycles. The summed E-state index contributed by atoms with van der Waals surface area (Å²) in [6, 6.07) is 1.92. The molecular weight excluding hydrogens is 449 g/mol. The SMILES string of the molecule is CN=C(NCC1(OC)CCOCC1)N1CCN(Cc2ccon2)CC1.I. The maximum absolute atomic E-state index is 5.80. The van der Waals surface area contributed by atoms with Crippen LogP contribution in [0.25, 0.3) is 0 Å². The van der Waals surface area contributed by atoms with Crippen molar-refractivity contribution in [1.82, 2.24) is 20.3 Å². The molecule has 8 nitrogen and oxygen atoms in total. The summed E-state index contributed by atoms with van der Waals surface area (Å²) in [4.78, 5) is 9.15. The zero-order valence-electron chi connectivity index (χ0n) is 15.6. The van der Waals surface area contributed by atoms with E-state index in [2.05, 4.69) is 25.3 Å². The molecule has 1 N–H and O–H groups in total. The lowest BCUT2D eigenvalue weighted by molar-refractivity contribution is -0.0858. The van der Waals surface area contributed by atoms with Gasteiger partial charge in [0.2, 0.25) is 0 Å². The van der Waals surface area contributed by atoms with Gasteiger partial charge in [0.1, 0.15) is 6.26 Å². The fourth-order valence-corrected chi connectivity index (χ4v) is 3.43. The van der Waals surface area contributed by atoms with Crippen molar-refractivity contribution >= 4 is 29.9 Å². The Kier molecular flexibility index (Phi) is 8.58. The maximum atomic E-state index is 5.80. The van der Waals surface area contributed by atoms with E-state index in [-0.39, 0.29) is 29.6 Å². The van der Waals surface area contributed by atoms with Crippen molar-refractivity contribution in [2.45, 2.75) is 25.0 Å². The number of rotatable bonds is 5. The fraction of sp³-hybridized carbons (Fsp3) is 0.765. The molecule has 0 aromatic carbocycles. The Morgan fingerprint density at radius 1 is 1.31 bits per heavy atom. The number of nitrogens with one attached hydrogen (secondary N) is 1. The van der Waals surface area contributed by atoms with Gasteiger partial charge in [0.15, 0.2) is 5.96 Å². The molecule has 1 aromatic rings. The van der Waals surface area contributed by atoms with Gasteiger partial charge in [0.25, 0.3) is 0 Å². The number of nitrogens with zero attached hydrogens (tertiary/aromatic N) is 4. The number of ether oxygens (including phenoxy) is 2. The first kappa shape index (κ1) is 21.4. The number of halogens is 1. The topological polar surface area (TPSA) is 75.4 Å². The first-order chi connectivity index (χ1) is 12.2. The van der Waals surface area contributed by atoms with Gasteiger partial charge in [-0.05, 0) is 0 Å². The molecule has 2 fully saturated rings. The molecule has 2 saturated heterocycles. The molecule has 0 atom stereocenters. The third kappa shape index (κ3) is 5.54. The Hall–Kier alpha value is -0.910. The molecule has 2 aliphatic rings. The maximum Gasteiger partial charge on any atom is 0.193 e. The first-order valence-corrected chi connectivity index (χ1v) is 8.95. The summed E-state index contributed by atoms with van der Waals surface area (Å²) in [7, 11) is 3.63. The second-order valence-electron chi connectivity index (χ2n) is 6.65. The van der Waals surface area contributed by atoms with Crippen LogP contribution in [0.4, 0.5) is 0 Å². The van der Waals surface area contributed by atoms with Gasteiger partial charge in [0, 0.05) is 85.5 Å². The predicted octanol–water partition coefficient (Wildman–Crippen LogP) is 1.18.